The molecule has 0 saturated carbocycles. The molecule has 0 spiro atoms. The van der Waals surface area contributed by atoms with Gasteiger partial charge < -0.3 is 5.73 Å². The number of nitriles is 1. The van der Waals surface area contributed by atoms with Gasteiger partial charge in [0.15, 0.2) is 0 Å². The van der Waals surface area contributed by atoms with Crippen LogP contribution in [0.1, 0.15) is 15.9 Å². The molecule has 0 aliphatic carbocycles. The van der Waals surface area contributed by atoms with Crippen molar-refractivity contribution in [2.45, 2.75) is 0 Å². The van der Waals surface area contributed by atoms with E-state index in [2.05, 4.69) is 4.98 Å². The molecule has 0 fully saturated rings. The zero-order valence-electron chi connectivity index (χ0n) is 6.52. The van der Waals surface area contributed by atoms with Crippen molar-refractivity contribution in [1.82, 2.24) is 4.98 Å². The van der Waals surface area contributed by atoms with Gasteiger partial charge in [-0.3, -0.25) is 14.6 Å². The third-order valence-corrected chi connectivity index (χ3v) is 1.35. The number of amides is 1. The largest absolute Gasteiger partial charge is 0.363 e. The van der Waals surface area contributed by atoms with Gasteiger partial charge in [-0.2, -0.15) is 5.26 Å². The zero-order valence-corrected chi connectivity index (χ0v) is 6.52. The van der Waals surface area contributed by atoms with Crippen LogP contribution in [0.2, 0.25) is 0 Å². The lowest BCUT2D eigenvalue weighted by molar-refractivity contribution is -0.114. The summed E-state index contributed by atoms with van der Waals surface area (Å²) in [6, 6.07) is 3.06. The molecule has 0 radical (unpaired) electrons. The summed E-state index contributed by atoms with van der Waals surface area (Å²) in [6.45, 7) is 0. The highest BCUT2D eigenvalue weighted by Crippen LogP contribution is 2.01. The number of primary amides is 1. The summed E-state index contributed by atoms with van der Waals surface area (Å²) in [5.74, 6) is -1.90. The monoisotopic (exact) mass is 175 g/mol. The zero-order chi connectivity index (χ0) is 9.84. The smallest absolute Gasteiger partial charge is 0.289 e. The summed E-state index contributed by atoms with van der Waals surface area (Å²) in [5, 5.41) is 8.46. The van der Waals surface area contributed by atoms with Gasteiger partial charge in [-0.15, -0.1) is 0 Å². The Morgan fingerprint density at radius 1 is 1.46 bits per heavy atom. The van der Waals surface area contributed by atoms with E-state index in [0.29, 0.717) is 0 Å². The Morgan fingerprint density at radius 3 is 2.69 bits per heavy atom. The lowest BCUT2D eigenvalue weighted by Gasteiger charge is -1.94. The number of rotatable bonds is 2. The summed E-state index contributed by atoms with van der Waals surface area (Å²) < 4.78 is 0. The number of nitrogens with two attached hydrogens (primary N) is 1. The molecule has 0 atom stereocenters. The summed E-state index contributed by atoms with van der Waals surface area (Å²) in [5.41, 5.74) is 5.01. The minimum Gasteiger partial charge on any atom is -0.363 e. The topological polar surface area (TPSA) is 96.8 Å². The summed E-state index contributed by atoms with van der Waals surface area (Å²) in [4.78, 5) is 25.1. The van der Waals surface area contributed by atoms with Crippen LogP contribution >= 0.6 is 0 Å². The Bertz CT molecular complexity index is 406. The molecule has 5 nitrogen and oxygen atoms in total. The van der Waals surface area contributed by atoms with E-state index >= 15 is 0 Å². The Morgan fingerprint density at radius 2 is 2.15 bits per heavy atom. The Hall–Kier alpha value is -2.22. The summed E-state index contributed by atoms with van der Waals surface area (Å²) in [6.07, 6.45) is 2.48. The Kier molecular flexibility index (Phi) is 2.36. The lowest BCUT2D eigenvalue weighted by Crippen LogP contribution is -2.23. The quantitative estimate of drug-likeness (QED) is 0.489. The normalized spacial score (nSPS) is 8.85. The standard InChI is InChI=1S/C8H5N3O2/c9-2-5-1-6(4-11-3-5)7(12)8(10)13/h1,3-4H,(H2,10,13). The van der Waals surface area contributed by atoms with Gasteiger partial charge in [-0.25, -0.2) is 0 Å². The van der Waals surface area contributed by atoms with E-state index in [0.717, 1.165) is 0 Å². The van der Waals surface area contributed by atoms with E-state index in [1.165, 1.54) is 18.5 Å². The van der Waals surface area contributed by atoms with Crippen LogP contribution in [0.25, 0.3) is 0 Å². The molecule has 0 bridgehead atoms. The maximum Gasteiger partial charge on any atom is 0.289 e. The number of hydrogen-bond donors (Lipinski definition) is 1. The van der Waals surface area contributed by atoms with Gasteiger partial charge in [0.2, 0.25) is 0 Å². The molecular weight excluding hydrogens is 170 g/mol. The van der Waals surface area contributed by atoms with Crippen LogP contribution in [-0.2, 0) is 4.79 Å². The predicted octanol–water partition coefficient (Wildman–Crippen LogP) is -0.379. The van der Waals surface area contributed by atoms with Crippen LogP contribution < -0.4 is 5.73 Å². The minimum absolute atomic E-state index is 0.0338. The SMILES string of the molecule is N#Cc1cncc(C(=O)C(N)=O)c1. The fourth-order valence-electron chi connectivity index (χ4n) is 0.768. The van der Waals surface area contributed by atoms with Crippen molar-refractivity contribution in [2.24, 2.45) is 5.73 Å². The number of pyridine rings is 1. The van der Waals surface area contributed by atoms with Crippen LogP contribution in [0.4, 0.5) is 0 Å². The van der Waals surface area contributed by atoms with Crippen molar-refractivity contribution in [1.29, 1.82) is 5.26 Å². The fraction of sp³-hybridized carbons (Fsp3) is 0. The summed E-state index contributed by atoms with van der Waals surface area (Å²) >= 11 is 0. The van der Waals surface area contributed by atoms with Crippen molar-refractivity contribution in [3.63, 3.8) is 0 Å². The van der Waals surface area contributed by atoms with Gasteiger partial charge in [0.25, 0.3) is 11.7 Å². The van der Waals surface area contributed by atoms with Crippen molar-refractivity contribution in [3.05, 3.63) is 29.6 Å². The van der Waals surface area contributed by atoms with Gasteiger partial charge in [0.1, 0.15) is 6.07 Å². The van der Waals surface area contributed by atoms with Crippen LogP contribution in [0.3, 0.4) is 0 Å². The maximum absolute atomic E-state index is 11.0. The third kappa shape index (κ3) is 1.87. The number of carbonyl (C=O) groups is 2. The van der Waals surface area contributed by atoms with E-state index in [1.807, 2.05) is 0 Å². The Labute approximate surface area is 73.8 Å². The molecule has 64 valence electrons. The van der Waals surface area contributed by atoms with E-state index in [4.69, 9.17) is 11.0 Å². The van der Waals surface area contributed by atoms with Gasteiger partial charge in [-0.05, 0) is 6.07 Å². The first-order chi connectivity index (χ1) is 6.15. The molecule has 0 saturated heterocycles. The lowest BCUT2D eigenvalue weighted by atomic mass is 10.1. The second-order valence-corrected chi connectivity index (χ2v) is 2.27. The molecule has 0 aromatic carbocycles. The van der Waals surface area contributed by atoms with E-state index in [1.54, 1.807) is 6.07 Å². The predicted molar refractivity (Wildman–Crippen MR) is 42.5 cm³/mol. The average molecular weight is 175 g/mol. The highest BCUT2D eigenvalue weighted by molar-refractivity contribution is 6.42. The number of aromatic nitrogens is 1. The summed E-state index contributed by atoms with van der Waals surface area (Å²) in [7, 11) is 0. The minimum atomic E-state index is -1.06. The van der Waals surface area contributed by atoms with Gasteiger partial charge >= 0.3 is 0 Å². The van der Waals surface area contributed by atoms with Crippen molar-refractivity contribution < 1.29 is 9.59 Å². The van der Waals surface area contributed by atoms with Crippen molar-refractivity contribution in [3.8, 4) is 6.07 Å². The molecule has 0 unspecified atom stereocenters. The number of Topliss-reactive ketones (excluding diaryl/α,β-unsaturated/α-hetero) is 1. The molecule has 1 aromatic rings. The molecule has 13 heavy (non-hydrogen) atoms. The number of hydrogen-bond acceptors (Lipinski definition) is 4. The first kappa shape index (κ1) is 8.87. The molecule has 1 heterocycles. The molecule has 2 N–H and O–H groups in total. The number of carbonyl (C=O) groups excluding carboxylic acids is 2. The maximum atomic E-state index is 11.0. The second-order valence-electron chi connectivity index (χ2n) is 2.27. The number of nitrogens with zero attached hydrogens (tertiary/aromatic N) is 2. The van der Waals surface area contributed by atoms with Crippen LogP contribution in [-0.4, -0.2) is 16.7 Å². The highest BCUT2D eigenvalue weighted by Gasteiger charge is 2.12. The van der Waals surface area contributed by atoms with Gasteiger partial charge in [-0.1, -0.05) is 0 Å². The Balaban J connectivity index is 3.11. The highest BCUT2D eigenvalue weighted by atomic mass is 16.2. The molecule has 0 aliphatic heterocycles. The second kappa shape index (κ2) is 3.45. The fourth-order valence-corrected chi connectivity index (χ4v) is 0.768. The third-order valence-electron chi connectivity index (χ3n) is 1.35. The molecule has 1 amide bonds. The molecule has 1 aromatic heterocycles. The van der Waals surface area contributed by atoms with Crippen LogP contribution in [0.15, 0.2) is 18.5 Å². The van der Waals surface area contributed by atoms with Crippen molar-refractivity contribution in [2.75, 3.05) is 0 Å². The van der Waals surface area contributed by atoms with E-state index in [-0.39, 0.29) is 11.1 Å². The first-order valence-corrected chi connectivity index (χ1v) is 3.34. The van der Waals surface area contributed by atoms with Crippen LogP contribution in [0, 0.1) is 11.3 Å². The van der Waals surface area contributed by atoms with Gasteiger partial charge in [0, 0.05) is 18.0 Å². The van der Waals surface area contributed by atoms with E-state index < -0.39 is 11.7 Å². The number of ketones is 1. The van der Waals surface area contributed by atoms with Gasteiger partial charge in [0.05, 0.1) is 5.56 Å². The van der Waals surface area contributed by atoms with Crippen molar-refractivity contribution >= 4 is 11.7 Å². The van der Waals surface area contributed by atoms with Crippen LogP contribution in [0.5, 0.6) is 0 Å². The molecule has 0 aliphatic rings. The molecular formula is C8H5N3O2. The first-order valence-electron chi connectivity index (χ1n) is 3.34. The van der Waals surface area contributed by atoms with E-state index in [9.17, 15) is 9.59 Å². The molecule has 5 heteroatoms. The molecule has 1 rings (SSSR count). The average Bonchev–Trinajstić information content (AvgIpc) is 2.16.